The van der Waals surface area contributed by atoms with Crippen LogP contribution in [0, 0.1) is 0 Å². The van der Waals surface area contributed by atoms with Crippen LogP contribution in [-0.2, 0) is 6.42 Å². The Morgan fingerprint density at radius 1 is 1.08 bits per heavy atom. The molecule has 202 valence electrons. The van der Waals surface area contributed by atoms with E-state index >= 15 is 0 Å². The van der Waals surface area contributed by atoms with Crippen LogP contribution in [0.15, 0.2) is 47.3 Å². The molecule has 4 rings (SSSR count). The Bertz CT molecular complexity index is 1310. The predicted molar refractivity (Wildman–Crippen MR) is 144 cm³/mol. The van der Waals surface area contributed by atoms with E-state index in [2.05, 4.69) is 4.98 Å². The van der Waals surface area contributed by atoms with Crippen molar-refractivity contribution in [3.63, 3.8) is 0 Å². The highest BCUT2D eigenvalue weighted by Gasteiger charge is 2.31. The topological polar surface area (TPSA) is 103 Å². The molecule has 9 nitrogen and oxygen atoms in total. The SMILES string of the molecule is CCCCc1nc(=O)c(C(=O)N2CCC(Oc3ccc(Cl)cc3)CC2)c(O)n1-c1c(OC)cccc1OC. The van der Waals surface area contributed by atoms with E-state index in [9.17, 15) is 14.7 Å². The number of benzene rings is 2. The van der Waals surface area contributed by atoms with Gasteiger partial charge < -0.3 is 24.2 Å². The number of hydrogen-bond acceptors (Lipinski definition) is 7. The van der Waals surface area contributed by atoms with E-state index in [1.807, 2.05) is 6.92 Å². The second-order valence-corrected chi connectivity index (χ2v) is 9.48. The third-order valence-corrected chi connectivity index (χ3v) is 6.83. The highest BCUT2D eigenvalue weighted by molar-refractivity contribution is 6.30. The van der Waals surface area contributed by atoms with E-state index in [0.29, 0.717) is 66.1 Å². The van der Waals surface area contributed by atoms with Crippen LogP contribution in [0.3, 0.4) is 0 Å². The molecule has 0 spiro atoms. The third kappa shape index (κ3) is 5.72. The monoisotopic (exact) mass is 541 g/mol. The zero-order valence-electron chi connectivity index (χ0n) is 21.8. The minimum Gasteiger partial charge on any atom is -0.494 e. The van der Waals surface area contributed by atoms with Gasteiger partial charge in [0.2, 0.25) is 5.88 Å². The summed E-state index contributed by atoms with van der Waals surface area (Å²) in [6.45, 7) is 2.75. The van der Waals surface area contributed by atoms with E-state index in [1.54, 1.807) is 47.4 Å². The van der Waals surface area contributed by atoms with Gasteiger partial charge in [-0.25, -0.2) is 0 Å². The van der Waals surface area contributed by atoms with Crippen molar-refractivity contribution in [3.05, 3.63) is 69.2 Å². The molecule has 10 heteroatoms. The summed E-state index contributed by atoms with van der Waals surface area (Å²) in [5.41, 5.74) is -0.767. The van der Waals surface area contributed by atoms with Gasteiger partial charge in [0, 0.05) is 37.4 Å². The maximum absolute atomic E-state index is 13.6. The second kappa shape index (κ2) is 12.2. The molecule has 1 aliphatic rings. The summed E-state index contributed by atoms with van der Waals surface area (Å²) in [5.74, 6) is 0.780. The molecule has 0 saturated carbocycles. The number of amides is 1. The van der Waals surface area contributed by atoms with Crippen LogP contribution < -0.4 is 19.8 Å². The van der Waals surface area contributed by atoms with Crippen molar-refractivity contribution in [3.8, 4) is 28.8 Å². The Labute approximate surface area is 226 Å². The van der Waals surface area contributed by atoms with E-state index in [-0.39, 0.29) is 11.7 Å². The maximum Gasteiger partial charge on any atom is 0.289 e. The molecule has 0 atom stereocenters. The summed E-state index contributed by atoms with van der Waals surface area (Å²) >= 11 is 5.94. The van der Waals surface area contributed by atoms with Crippen molar-refractivity contribution in [2.24, 2.45) is 0 Å². The largest absolute Gasteiger partial charge is 0.494 e. The fourth-order valence-corrected chi connectivity index (χ4v) is 4.70. The molecule has 1 N–H and O–H groups in total. The van der Waals surface area contributed by atoms with Crippen LogP contribution in [0.5, 0.6) is 23.1 Å². The molecule has 0 radical (unpaired) electrons. The number of hydrogen-bond donors (Lipinski definition) is 1. The maximum atomic E-state index is 13.6. The number of aryl methyl sites for hydroxylation is 1. The Morgan fingerprint density at radius 3 is 2.29 bits per heavy atom. The normalized spacial score (nSPS) is 13.8. The number of para-hydroxylation sites is 1. The Balaban J connectivity index is 1.65. The van der Waals surface area contributed by atoms with Crippen LogP contribution in [0.4, 0.5) is 0 Å². The van der Waals surface area contributed by atoms with Crippen LogP contribution in [0.25, 0.3) is 5.69 Å². The van der Waals surface area contributed by atoms with Gasteiger partial charge in [-0.15, -0.1) is 0 Å². The minimum atomic E-state index is -0.761. The van der Waals surface area contributed by atoms with Gasteiger partial charge in [-0.05, 0) is 42.8 Å². The number of nitrogens with zero attached hydrogens (tertiary/aromatic N) is 3. The number of methoxy groups -OCH3 is 2. The Kier molecular flexibility index (Phi) is 8.78. The smallest absolute Gasteiger partial charge is 0.289 e. The van der Waals surface area contributed by atoms with Crippen molar-refractivity contribution in [2.45, 2.75) is 45.1 Å². The standard InChI is InChI=1S/C28H32ClN3O6/c1-4-5-9-23-30-26(33)24(28(35)32(23)25-21(36-2)7-6-8-22(25)37-3)27(34)31-16-14-20(15-17-31)38-19-12-10-18(29)11-13-19/h6-8,10-13,20,35H,4-5,9,14-17H2,1-3H3. The van der Waals surface area contributed by atoms with E-state index < -0.39 is 17.3 Å². The van der Waals surface area contributed by atoms with Crippen molar-refractivity contribution in [1.82, 2.24) is 14.5 Å². The molecule has 1 fully saturated rings. The molecule has 0 bridgehead atoms. The number of likely N-dealkylation sites (tertiary alicyclic amines) is 1. The number of carbonyl (C=O) groups excluding carboxylic acids is 1. The van der Waals surface area contributed by atoms with Crippen molar-refractivity contribution in [1.29, 1.82) is 0 Å². The van der Waals surface area contributed by atoms with Crippen molar-refractivity contribution >= 4 is 17.5 Å². The first kappa shape index (κ1) is 27.3. The summed E-state index contributed by atoms with van der Waals surface area (Å²) in [6, 6.07) is 12.3. The van der Waals surface area contributed by atoms with Gasteiger partial charge in [0.1, 0.15) is 34.9 Å². The first-order valence-electron chi connectivity index (χ1n) is 12.7. The quantitative estimate of drug-likeness (QED) is 0.421. The molecule has 1 aromatic heterocycles. The fourth-order valence-electron chi connectivity index (χ4n) is 4.57. The highest BCUT2D eigenvalue weighted by Crippen LogP contribution is 2.37. The van der Waals surface area contributed by atoms with Crippen LogP contribution in [0.1, 0.15) is 48.8 Å². The van der Waals surface area contributed by atoms with E-state index in [0.717, 1.165) is 12.8 Å². The Morgan fingerprint density at radius 2 is 1.71 bits per heavy atom. The molecular weight excluding hydrogens is 510 g/mol. The molecule has 2 heterocycles. The summed E-state index contributed by atoms with van der Waals surface area (Å²) < 4.78 is 18.5. The van der Waals surface area contributed by atoms with Gasteiger partial charge in [0.05, 0.1) is 14.2 Å². The highest BCUT2D eigenvalue weighted by atomic mass is 35.5. The number of aromatic nitrogens is 2. The average Bonchev–Trinajstić information content (AvgIpc) is 2.93. The number of rotatable bonds is 9. The van der Waals surface area contributed by atoms with E-state index in [1.165, 1.54) is 18.8 Å². The summed E-state index contributed by atoms with van der Waals surface area (Å²) in [7, 11) is 3.00. The van der Waals surface area contributed by atoms with Crippen molar-refractivity contribution < 1.29 is 24.1 Å². The lowest BCUT2D eigenvalue weighted by atomic mass is 10.1. The summed E-state index contributed by atoms with van der Waals surface area (Å²) in [6.07, 6.45) is 3.07. The van der Waals surface area contributed by atoms with Crippen molar-refractivity contribution in [2.75, 3.05) is 27.3 Å². The summed E-state index contributed by atoms with van der Waals surface area (Å²) in [4.78, 5) is 32.5. The number of halogens is 1. The number of piperidine rings is 1. The summed E-state index contributed by atoms with van der Waals surface area (Å²) in [5, 5.41) is 12.1. The zero-order chi connectivity index (χ0) is 27.2. The first-order valence-corrected chi connectivity index (χ1v) is 13.0. The molecule has 1 saturated heterocycles. The zero-order valence-corrected chi connectivity index (χ0v) is 22.5. The molecular formula is C28H32ClN3O6. The van der Waals surface area contributed by atoms with Crippen LogP contribution in [0.2, 0.25) is 5.02 Å². The second-order valence-electron chi connectivity index (χ2n) is 9.05. The fraction of sp³-hybridized carbons (Fsp3) is 0.393. The van der Waals surface area contributed by atoms with Gasteiger partial charge in [-0.3, -0.25) is 14.2 Å². The number of aromatic hydroxyl groups is 1. The molecule has 0 unspecified atom stereocenters. The molecule has 1 aliphatic heterocycles. The third-order valence-electron chi connectivity index (χ3n) is 6.58. The Hall–Kier alpha value is -3.72. The number of carbonyl (C=O) groups is 1. The molecule has 38 heavy (non-hydrogen) atoms. The van der Waals surface area contributed by atoms with Crippen LogP contribution in [-0.4, -0.2) is 58.9 Å². The van der Waals surface area contributed by atoms with Gasteiger partial charge in [0.15, 0.2) is 5.56 Å². The molecule has 0 aliphatic carbocycles. The predicted octanol–water partition coefficient (Wildman–Crippen LogP) is 4.63. The molecule has 3 aromatic rings. The lowest BCUT2D eigenvalue weighted by molar-refractivity contribution is 0.0589. The molecule has 2 aromatic carbocycles. The minimum absolute atomic E-state index is 0.0853. The van der Waals surface area contributed by atoms with E-state index in [4.69, 9.17) is 25.8 Å². The lowest BCUT2D eigenvalue weighted by Gasteiger charge is -2.32. The number of unbranched alkanes of at least 4 members (excludes halogenated alkanes) is 1. The van der Waals surface area contributed by atoms with Gasteiger partial charge in [-0.1, -0.05) is 31.0 Å². The van der Waals surface area contributed by atoms with Gasteiger partial charge >= 0.3 is 0 Å². The number of ether oxygens (including phenoxy) is 3. The van der Waals surface area contributed by atoms with Crippen LogP contribution >= 0.6 is 11.6 Å². The lowest BCUT2D eigenvalue weighted by Crippen LogP contribution is -2.43. The van der Waals surface area contributed by atoms with Gasteiger partial charge in [0.25, 0.3) is 11.5 Å². The first-order chi connectivity index (χ1) is 18.4. The van der Waals surface area contributed by atoms with Gasteiger partial charge in [-0.2, -0.15) is 4.98 Å². The average molecular weight is 542 g/mol. The molecule has 1 amide bonds.